The number of amides is 3. The fourth-order valence-corrected chi connectivity index (χ4v) is 4.42. The maximum Gasteiger partial charge on any atom is 0.329 e. The van der Waals surface area contributed by atoms with Gasteiger partial charge in [0.25, 0.3) is 5.91 Å². The molecule has 2 heterocycles. The van der Waals surface area contributed by atoms with Crippen molar-refractivity contribution in [1.29, 1.82) is 0 Å². The minimum Gasteiger partial charge on any atom is -0.323 e. The molecule has 2 aliphatic heterocycles. The zero-order valence-electron chi connectivity index (χ0n) is 15.8. The zero-order chi connectivity index (χ0) is 18.3. The van der Waals surface area contributed by atoms with E-state index in [2.05, 4.69) is 36.5 Å². The number of piperazine rings is 1. The molecular formula is C20H30N4O2+2. The summed E-state index contributed by atoms with van der Waals surface area (Å²) in [7, 11) is 0. The van der Waals surface area contributed by atoms with Crippen LogP contribution in [0.15, 0.2) is 24.3 Å². The molecule has 3 aliphatic rings. The van der Waals surface area contributed by atoms with Gasteiger partial charge in [-0.3, -0.25) is 4.79 Å². The molecule has 2 saturated heterocycles. The van der Waals surface area contributed by atoms with Crippen LogP contribution in [0.3, 0.4) is 0 Å². The molecule has 1 atom stereocenters. The summed E-state index contributed by atoms with van der Waals surface area (Å²) in [6.45, 7) is 9.73. The largest absolute Gasteiger partial charge is 0.329 e. The molecule has 3 amide bonds. The van der Waals surface area contributed by atoms with E-state index in [0.717, 1.165) is 45.6 Å². The molecule has 1 aromatic rings. The minimum absolute atomic E-state index is 0.0213. The van der Waals surface area contributed by atoms with Crippen molar-refractivity contribution in [3.05, 3.63) is 35.4 Å². The molecule has 1 saturated carbocycles. The van der Waals surface area contributed by atoms with Gasteiger partial charge in [-0.2, -0.15) is 0 Å². The van der Waals surface area contributed by atoms with E-state index < -0.39 is 5.54 Å². The van der Waals surface area contributed by atoms with Gasteiger partial charge in [-0.25, -0.2) is 9.69 Å². The van der Waals surface area contributed by atoms with Gasteiger partial charge in [-0.1, -0.05) is 29.8 Å². The van der Waals surface area contributed by atoms with Gasteiger partial charge >= 0.3 is 6.03 Å². The van der Waals surface area contributed by atoms with E-state index in [-0.39, 0.29) is 11.9 Å². The Morgan fingerprint density at radius 1 is 1.15 bits per heavy atom. The van der Waals surface area contributed by atoms with Gasteiger partial charge in [0.1, 0.15) is 38.3 Å². The van der Waals surface area contributed by atoms with E-state index >= 15 is 0 Å². The van der Waals surface area contributed by atoms with Crippen LogP contribution in [0.5, 0.6) is 0 Å². The number of imide groups is 1. The van der Waals surface area contributed by atoms with Gasteiger partial charge < -0.3 is 15.1 Å². The van der Waals surface area contributed by atoms with Crippen LogP contribution in [0.2, 0.25) is 0 Å². The van der Waals surface area contributed by atoms with Crippen LogP contribution in [0.1, 0.15) is 30.9 Å². The second-order valence-corrected chi connectivity index (χ2v) is 8.46. The van der Waals surface area contributed by atoms with Crippen molar-refractivity contribution in [2.24, 2.45) is 5.92 Å². The molecule has 140 valence electrons. The molecule has 0 unspecified atom stereocenters. The van der Waals surface area contributed by atoms with E-state index in [9.17, 15) is 9.59 Å². The summed E-state index contributed by atoms with van der Waals surface area (Å²) < 4.78 is 0. The van der Waals surface area contributed by atoms with Crippen LogP contribution in [0, 0.1) is 12.8 Å². The van der Waals surface area contributed by atoms with Crippen LogP contribution in [0.25, 0.3) is 0 Å². The topological polar surface area (TPSA) is 58.3 Å². The number of hydrogen-bond acceptors (Lipinski definition) is 2. The third-order valence-electron chi connectivity index (χ3n) is 6.28. The Bertz CT molecular complexity index is 710. The number of hydrogen-bond donors (Lipinski definition) is 3. The lowest BCUT2D eigenvalue weighted by Crippen LogP contribution is -3.28. The lowest BCUT2D eigenvalue weighted by Gasteiger charge is -2.31. The van der Waals surface area contributed by atoms with Crippen LogP contribution >= 0.6 is 0 Å². The normalized spacial score (nSPS) is 32.0. The fraction of sp³-hybridized carbons (Fsp3) is 0.600. The maximum absolute atomic E-state index is 12.8. The Balaban J connectivity index is 1.30. The lowest BCUT2D eigenvalue weighted by molar-refractivity contribution is -1.02. The Morgan fingerprint density at radius 3 is 2.50 bits per heavy atom. The van der Waals surface area contributed by atoms with Gasteiger partial charge in [-0.15, -0.1) is 0 Å². The third-order valence-corrected chi connectivity index (χ3v) is 6.28. The first-order chi connectivity index (χ1) is 12.5. The van der Waals surface area contributed by atoms with E-state index in [1.165, 1.54) is 20.9 Å². The van der Waals surface area contributed by atoms with Crippen molar-refractivity contribution in [1.82, 2.24) is 10.2 Å². The monoisotopic (exact) mass is 358 g/mol. The van der Waals surface area contributed by atoms with E-state index in [0.29, 0.717) is 12.6 Å². The lowest BCUT2D eigenvalue weighted by atomic mass is 9.96. The number of aryl methyl sites for hydroxylation is 1. The highest BCUT2D eigenvalue weighted by molar-refractivity contribution is 6.07. The predicted octanol–water partition coefficient (Wildman–Crippen LogP) is -1.04. The highest BCUT2D eigenvalue weighted by Crippen LogP contribution is 2.42. The first-order valence-electron chi connectivity index (χ1n) is 9.82. The molecule has 26 heavy (non-hydrogen) atoms. The van der Waals surface area contributed by atoms with Crippen molar-refractivity contribution in [3.8, 4) is 0 Å². The maximum atomic E-state index is 12.8. The van der Waals surface area contributed by atoms with Gasteiger partial charge in [0.15, 0.2) is 6.67 Å². The first kappa shape index (κ1) is 17.5. The Hall–Kier alpha value is -1.92. The van der Waals surface area contributed by atoms with Crippen molar-refractivity contribution < 1.29 is 19.4 Å². The standard InChI is InChI=1S/C20H28N4O2/c1-15-4-3-5-16(12-15)13-22-8-10-23(11-9-22)14-24-18(25)20(2,17-6-7-17)21-19(24)26/h3-5,12,17H,6-11,13-14H2,1-2H3,(H,21,26)/p+2/t20-/m0/s1. The number of urea groups is 1. The number of carbonyl (C=O) groups excluding carboxylic acids is 2. The Labute approximate surface area is 155 Å². The van der Waals surface area contributed by atoms with Gasteiger partial charge in [0, 0.05) is 5.56 Å². The molecule has 0 spiro atoms. The number of rotatable bonds is 5. The molecule has 4 rings (SSSR count). The fourth-order valence-electron chi connectivity index (χ4n) is 4.42. The SMILES string of the molecule is Cc1cccc(C[NH+]2CC[NH+](CN3C(=O)N[C@@](C)(C4CC4)C3=O)CC2)c1. The molecule has 3 N–H and O–H groups in total. The summed E-state index contributed by atoms with van der Waals surface area (Å²) in [5.74, 6) is 0.307. The Kier molecular flexibility index (Phi) is 4.49. The minimum atomic E-state index is -0.658. The summed E-state index contributed by atoms with van der Waals surface area (Å²) >= 11 is 0. The first-order valence-corrected chi connectivity index (χ1v) is 9.82. The number of benzene rings is 1. The second kappa shape index (κ2) is 6.67. The van der Waals surface area contributed by atoms with Crippen molar-refractivity contribution >= 4 is 11.9 Å². The average Bonchev–Trinajstić information content (AvgIpc) is 3.43. The average molecular weight is 358 g/mol. The number of nitrogens with one attached hydrogen (secondary N) is 3. The van der Waals surface area contributed by atoms with Crippen LogP contribution in [-0.4, -0.2) is 55.2 Å². The summed E-state index contributed by atoms with van der Waals surface area (Å²) in [5, 5.41) is 2.95. The van der Waals surface area contributed by atoms with Crippen LogP contribution < -0.4 is 15.1 Å². The molecule has 0 bridgehead atoms. The van der Waals surface area contributed by atoms with Gasteiger partial charge in [0.2, 0.25) is 0 Å². The summed E-state index contributed by atoms with van der Waals surface area (Å²) in [6.07, 6.45) is 2.09. The number of quaternary nitrogens is 2. The highest BCUT2D eigenvalue weighted by atomic mass is 16.2. The third kappa shape index (κ3) is 3.35. The molecule has 1 aromatic carbocycles. The van der Waals surface area contributed by atoms with Crippen LogP contribution in [-0.2, 0) is 11.3 Å². The molecule has 3 fully saturated rings. The molecule has 0 aromatic heterocycles. The van der Waals surface area contributed by atoms with Gasteiger partial charge in [0.05, 0.1) is 0 Å². The van der Waals surface area contributed by atoms with Gasteiger partial charge in [-0.05, 0) is 32.6 Å². The quantitative estimate of drug-likeness (QED) is 0.589. The van der Waals surface area contributed by atoms with E-state index in [1.807, 2.05) is 6.92 Å². The number of carbonyl (C=O) groups is 2. The molecule has 6 nitrogen and oxygen atoms in total. The van der Waals surface area contributed by atoms with E-state index in [4.69, 9.17) is 0 Å². The molecule has 6 heteroatoms. The second-order valence-electron chi connectivity index (χ2n) is 8.46. The molecular weight excluding hydrogens is 328 g/mol. The van der Waals surface area contributed by atoms with Crippen molar-refractivity contribution in [3.63, 3.8) is 0 Å². The molecule has 1 aliphatic carbocycles. The Morgan fingerprint density at radius 2 is 1.85 bits per heavy atom. The van der Waals surface area contributed by atoms with Crippen molar-refractivity contribution in [2.45, 2.75) is 38.8 Å². The smallest absolute Gasteiger partial charge is 0.323 e. The zero-order valence-corrected chi connectivity index (χ0v) is 15.8. The summed E-state index contributed by atoms with van der Waals surface area (Å²) in [4.78, 5) is 29.4. The van der Waals surface area contributed by atoms with Crippen molar-refractivity contribution in [2.75, 3.05) is 32.8 Å². The highest BCUT2D eigenvalue weighted by Gasteiger charge is 2.56. The summed E-state index contributed by atoms with van der Waals surface area (Å²) in [5.41, 5.74) is 2.04. The number of nitrogens with zero attached hydrogens (tertiary/aromatic N) is 1. The van der Waals surface area contributed by atoms with E-state index in [1.54, 1.807) is 4.90 Å². The molecule has 0 radical (unpaired) electrons. The van der Waals surface area contributed by atoms with Crippen LogP contribution in [0.4, 0.5) is 4.79 Å². The summed E-state index contributed by atoms with van der Waals surface area (Å²) in [6, 6.07) is 8.52. The predicted molar refractivity (Wildman–Crippen MR) is 97.7 cm³/mol.